The van der Waals surface area contributed by atoms with Crippen molar-refractivity contribution in [3.05, 3.63) is 101 Å². The average molecular weight is 396 g/mol. The van der Waals surface area contributed by atoms with Gasteiger partial charge in [-0.15, -0.1) is 0 Å². The number of hydrogen-bond acceptors (Lipinski definition) is 3. The van der Waals surface area contributed by atoms with Crippen LogP contribution in [0.1, 0.15) is 30.0 Å². The molecular weight excluding hydrogens is 370 g/mol. The number of aliphatic hydroxyl groups excluding tert-OH is 1. The van der Waals surface area contributed by atoms with Crippen LogP contribution in [0.3, 0.4) is 0 Å². The predicted octanol–water partition coefficient (Wildman–Crippen LogP) is 5.09. The van der Waals surface area contributed by atoms with E-state index < -0.39 is 6.23 Å². The zero-order valence-corrected chi connectivity index (χ0v) is 16.8. The van der Waals surface area contributed by atoms with Gasteiger partial charge in [0, 0.05) is 10.4 Å². The topological polar surface area (TPSA) is 55.5 Å². The lowest BCUT2D eigenvalue weighted by atomic mass is 9.74. The van der Waals surface area contributed by atoms with Crippen molar-refractivity contribution in [3.63, 3.8) is 0 Å². The maximum absolute atomic E-state index is 9.84. The summed E-state index contributed by atoms with van der Waals surface area (Å²) in [6.45, 7) is 2.65. The predicted molar refractivity (Wildman–Crippen MR) is 115 cm³/mol. The average Bonchev–Trinajstić information content (AvgIpc) is 2.68. The van der Waals surface area contributed by atoms with Crippen LogP contribution in [0.4, 0.5) is 0 Å². The third kappa shape index (κ3) is 5.59. The molecule has 0 aliphatic heterocycles. The Morgan fingerprint density at radius 2 is 1.68 bits per heavy atom. The molecule has 0 bridgehead atoms. The van der Waals surface area contributed by atoms with Crippen molar-refractivity contribution < 1.29 is 9.84 Å². The fourth-order valence-electron chi connectivity index (χ4n) is 3.51. The molecule has 1 unspecified atom stereocenters. The number of ether oxygens (including phenoxy) is 1. The molecule has 0 saturated carbocycles. The third-order valence-corrected chi connectivity index (χ3v) is 5.18. The summed E-state index contributed by atoms with van der Waals surface area (Å²) in [5.41, 5.74) is 8.75. The third-order valence-electron chi connectivity index (χ3n) is 4.95. The molecule has 3 nitrogen and oxygen atoms in total. The minimum absolute atomic E-state index is 0.328. The van der Waals surface area contributed by atoms with Gasteiger partial charge in [-0.05, 0) is 53.8 Å². The van der Waals surface area contributed by atoms with E-state index in [-0.39, 0.29) is 5.41 Å². The van der Waals surface area contributed by atoms with Gasteiger partial charge in [0.15, 0.2) is 0 Å². The molecule has 3 aromatic carbocycles. The van der Waals surface area contributed by atoms with Crippen molar-refractivity contribution in [2.75, 3.05) is 0 Å². The summed E-state index contributed by atoms with van der Waals surface area (Å²) in [5, 5.41) is 10.5. The molecule has 0 aliphatic carbocycles. The first-order valence-corrected chi connectivity index (χ1v) is 9.78. The van der Waals surface area contributed by atoms with E-state index in [0.717, 1.165) is 28.9 Å². The van der Waals surface area contributed by atoms with E-state index >= 15 is 0 Å². The fraction of sp³-hybridized carbons (Fsp3) is 0.250. The van der Waals surface area contributed by atoms with Gasteiger partial charge in [0.25, 0.3) is 0 Å². The minimum atomic E-state index is -0.891. The standard InChI is InChI=1S/C24H26ClNO2/c1-24(16-23(26)27,20-8-5-9-21(25)14-20)15-18-10-12-22(13-11-18)28-17-19-6-3-2-4-7-19/h2-14,23,27H,15-17,26H2,1H3/t23-,24?/m1/s1. The maximum Gasteiger partial charge on any atom is 0.119 e. The van der Waals surface area contributed by atoms with Gasteiger partial charge < -0.3 is 15.6 Å². The second-order valence-electron chi connectivity index (χ2n) is 7.44. The van der Waals surface area contributed by atoms with Crippen molar-refractivity contribution in [2.24, 2.45) is 5.73 Å². The Hall–Kier alpha value is -2.33. The summed E-state index contributed by atoms with van der Waals surface area (Å²) in [6, 6.07) is 25.9. The van der Waals surface area contributed by atoms with Crippen LogP contribution in [-0.4, -0.2) is 11.3 Å². The van der Waals surface area contributed by atoms with Crippen molar-refractivity contribution in [3.8, 4) is 5.75 Å². The van der Waals surface area contributed by atoms with Crippen LogP contribution < -0.4 is 10.5 Å². The molecule has 0 heterocycles. The highest BCUT2D eigenvalue weighted by Crippen LogP contribution is 2.34. The van der Waals surface area contributed by atoms with Crippen LogP contribution in [0.5, 0.6) is 5.75 Å². The summed E-state index contributed by atoms with van der Waals surface area (Å²) in [6.07, 6.45) is 0.289. The van der Waals surface area contributed by atoms with Crippen LogP contribution in [0.15, 0.2) is 78.9 Å². The summed E-state index contributed by atoms with van der Waals surface area (Å²) in [5.74, 6) is 0.830. The Labute approximate surface area is 171 Å². The molecule has 3 rings (SSSR count). The number of hydrogen-bond donors (Lipinski definition) is 2. The van der Waals surface area contributed by atoms with Crippen LogP contribution in [-0.2, 0) is 18.4 Å². The molecule has 0 aromatic heterocycles. The molecule has 0 radical (unpaired) electrons. The first-order chi connectivity index (χ1) is 13.4. The van der Waals surface area contributed by atoms with Gasteiger partial charge in [0.05, 0.1) is 0 Å². The van der Waals surface area contributed by atoms with Crippen molar-refractivity contribution in [1.29, 1.82) is 0 Å². The zero-order valence-electron chi connectivity index (χ0n) is 16.0. The molecule has 0 amide bonds. The Kier molecular flexibility index (Phi) is 6.74. The summed E-state index contributed by atoms with van der Waals surface area (Å²) in [4.78, 5) is 0. The Balaban J connectivity index is 1.72. The summed E-state index contributed by atoms with van der Waals surface area (Å²) in [7, 11) is 0. The highest BCUT2D eigenvalue weighted by atomic mass is 35.5. The molecule has 3 N–H and O–H groups in total. The molecule has 0 fully saturated rings. The van der Waals surface area contributed by atoms with E-state index in [4.69, 9.17) is 22.1 Å². The van der Waals surface area contributed by atoms with E-state index in [1.54, 1.807) is 0 Å². The molecule has 4 heteroatoms. The second-order valence-corrected chi connectivity index (χ2v) is 7.87. The van der Waals surface area contributed by atoms with Gasteiger partial charge in [0.1, 0.15) is 18.6 Å². The first kappa shape index (κ1) is 20.4. The van der Waals surface area contributed by atoms with E-state index in [9.17, 15) is 5.11 Å². The summed E-state index contributed by atoms with van der Waals surface area (Å²) >= 11 is 6.19. The van der Waals surface area contributed by atoms with Crippen LogP contribution in [0.25, 0.3) is 0 Å². The van der Waals surface area contributed by atoms with Gasteiger partial charge in [-0.2, -0.15) is 0 Å². The number of benzene rings is 3. The molecule has 0 spiro atoms. The Morgan fingerprint density at radius 3 is 2.32 bits per heavy atom. The van der Waals surface area contributed by atoms with Crippen molar-refractivity contribution in [2.45, 2.75) is 38.0 Å². The van der Waals surface area contributed by atoms with Crippen LogP contribution in [0, 0.1) is 0 Å². The lowest BCUT2D eigenvalue weighted by Crippen LogP contribution is -2.34. The molecule has 28 heavy (non-hydrogen) atoms. The van der Waals surface area contributed by atoms with Crippen molar-refractivity contribution >= 4 is 11.6 Å². The van der Waals surface area contributed by atoms with Crippen molar-refractivity contribution in [1.82, 2.24) is 0 Å². The lowest BCUT2D eigenvalue weighted by Gasteiger charge is -2.32. The van der Waals surface area contributed by atoms with E-state index in [0.29, 0.717) is 18.1 Å². The number of nitrogens with two attached hydrogens (primary N) is 1. The lowest BCUT2D eigenvalue weighted by molar-refractivity contribution is 0.140. The van der Waals surface area contributed by atoms with Gasteiger partial charge in [-0.25, -0.2) is 0 Å². The van der Waals surface area contributed by atoms with Gasteiger partial charge in [0.2, 0.25) is 0 Å². The molecule has 0 aliphatic rings. The van der Waals surface area contributed by atoms with Crippen LogP contribution in [0.2, 0.25) is 5.02 Å². The quantitative estimate of drug-likeness (QED) is 0.522. The molecule has 2 atom stereocenters. The molecular formula is C24H26ClNO2. The van der Waals surface area contributed by atoms with Crippen LogP contribution >= 0.6 is 11.6 Å². The van der Waals surface area contributed by atoms with Gasteiger partial charge >= 0.3 is 0 Å². The number of halogens is 1. The molecule has 0 saturated heterocycles. The van der Waals surface area contributed by atoms with E-state index in [1.807, 2.05) is 66.7 Å². The maximum atomic E-state index is 9.84. The van der Waals surface area contributed by atoms with E-state index in [2.05, 4.69) is 19.1 Å². The fourth-order valence-corrected chi connectivity index (χ4v) is 3.70. The Morgan fingerprint density at radius 1 is 0.964 bits per heavy atom. The smallest absolute Gasteiger partial charge is 0.119 e. The monoisotopic (exact) mass is 395 g/mol. The molecule has 146 valence electrons. The molecule has 3 aromatic rings. The normalized spacial score (nSPS) is 14.3. The summed E-state index contributed by atoms with van der Waals surface area (Å²) < 4.78 is 5.86. The Bertz CT molecular complexity index is 881. The number of aliphatic hydroxyl groups is 1. The highest BCUT2D eigenvalue weighted by molar-refractivity contribution is 6.30. The van der Waals surface area contributed by atoms with E-state index in [1.165, 1.54) is 0 Å². The largest absolute Gasteiger partial charge is 0.489 e. The van der Waals surface area contributed by atoms with Gasteiger partial charge in [-0.3, -0.25) is 0 Å². The first-order valence-electron chi connectivity index (χ1n) is 9.40. The van der Waals surface area contributed by atoms with Gasteiger partial charge in [-0.1, -0.05) is 73.1 Å². The minimum Gasteiger partial charge on any atom is -0.489 e. The highest BCUT2D eigenvalue weighted by Gasteiger charge is 2.29. The number of rotatable bonds is 8. The zero-order chi connectivity index (χ0) is 20.0. The second kappa shape index (κ2) is 9.24. The SMILES string of the molecule is CC(Cc1ccc(OCc2ccccc2)cc1)(C[C@H](N)O)c1cccc(Cl)c1.